The van der Waals surface area contributed by atoms with Gasteiger partial charge in [0.15, 0.2) is 0 Å². The summed E-state index contributed by atoms with van der Waals surface area (Å²) in [5.74, 6) is 0.963. The lowest BCUT2D eigenvalue weighted by molar-refractivity contribution is 0.183. The molecule has 3 nitrogen and oxygen atoms in total. The van der Waals surface area contributed by atoms with Gasteiger partial charge in [0.2, 0.25) is 0 Å². The third-order valence-corrected chi connectivity index (χ3v) is 5.78. The van der Waals surface area contributed by atoms with Crippen LogP contribution in [0.25, 0.3) is 10.2 Å². The van der Waals surface area contributed by atoms with Crippen molar-refractivity contribution in [3.05, 3.63) is 59.1 Å². The van der Waals surface area contributed by atoms with Gasteiger partial charge in [-0.1, -0.05) is 30.7 Å². The van der Waals surface area contributed by atoms with E-state index in [1.54, 1.807) is 11.3 Å². The molecule has 2 heterocycles. The molecule has 0 atom stereocenters. The molecule has 0 amide bonds. The number of benzene rings is 2. The van der Waals surface area contributed by atoms with Gasteiger partial charge in [0, 0.05) is 13.0 Å². The Morgan fingerprint density at radius 3 is 2.56 bits per heavy atom. The average Bonchev–Trinajstić information content (AvgIpc) is 3.06. The van der Waals surface area contributed by atoms with Gasteiger partial charge in [-0.2, -0.15) is 0 Å². The number of aromatic nitrogens is 1. The summed E-state index contributed by atoms with van der Waals surface area (Å²) in [6.07, 6.45) is 4.93. The number of hydrogen-bond acceptors (Lipinski definition) is 4. The lowest BCUT2D eigenvalue weighted by Crippen LogP contribution is -2.33. The van der Waals surface area contributed by atoms with Crippen LogP contribution in [0.2, 0.25) is 0 Å². The van der Waals surface area contributed by atoms with E-state index in [9.17, 15) is 0 Å². The minimum atomic E-state index is 0.775. The zero-order valence-electron chi connectivity index (χ0n) is 14.5. The molecule has 1 aliphatic rings. The Morgan fingerprint density at radius 2 is 1.76 bits per heavy atom. The molecule has 0 aliphatic carbocycles. The van der Waals surface area contributed by atoms with Crippen molar-refractivity contribution in [1.82, 2.24) is 9.88 Å². The number of thiazole rings is 1. The monoisotopic (exact) mass is 352 g/mol. The molecule has 0 spiro atoms. The van der Waals surface area contributed by atoms with Crippen molar-refractivity contribution in [2.75, 3.05) is 26.2 Å². The Bertz CT molecular complexity index is 773. The molecule has 2 aromatic carbocycles. The summed E-state index contributed by atoms with van der Waals surface area (Å²) in [6, 6.07) is 16.8. The number of para-hydroxylation sites is 1. The maximum Gasteiger partial charge on any atom is 0.119 e. The summed E-state index contributed by atoms with van der Waals surface area (Å²) < 4.78 is 7.17. The molecule has 4 rings (SSSR count). The van der Waals surface area contributed by atoms with E-state index in [1.165, 1.54) is 47.6 Å². The topological polar surface area (TPSA) is 25.4 Å². The minimum absolute atomic E-state index is 0.775. The molecule has 0 radical (unpaired) electrons. The quantitative estimate of drug-likeness (QED) is 0.640. The van der Waals surface area contributed by atoms with E-state index in [-0.39, 0.29) is 0 Å². The molecular weight excluding hydrogens is 328 g/mol. The second-order valence-electron chi connectivity index (χ2n) is 6.65. The van der Waals surface area contributed by atoms with Gasteiger partial charge in [0.25, 0.3) is 0 Å². The molecule has 1 saturated heterocycles. The van der Waals surface area contributed by atoms with Gasteiger partial charge >= 0.3 is 0 Å². The second kappa shape index (κ2) is 7.98. The zero-order chi connectivity index (χ0) is 16.9. The van der Waals surface area contributed by atoms with Gasteiger partial charge in [-0.3, -0.25) is 4.90 Å². The summed E-state index contributed by atoms with van der Waals surface area (Å²) in [6.45, 7) is 4.26. The number of rotatable bonds is 6. The van der Waals surface area contributed by atoms with E-state index in [0.717, 1.165) is 30.8 Å². The van der Waals surface area contributed by atoms with Crippen molar-refractivity contribution < 1.29 is 4.74 Å². The number of hydrogen-bond donors (Lipinski definition) is 0. The fourth-order valence-electron chi connectivity index (χ4n) is 3.35. The van der Waals surface area contributed by atoms with E-state index >= 15 is 0 Å². The molecule has 1 aromatic heterocycles. The lowest BCUT2D eigenvalue weighted by Gasteiger charge is -2.26. The van der Waals surface area contributed by atoms with Gasteiger partial charge in [-0.25, -0.2) is 4.98 Å². The Labute approximate surface area is 153 Å². The highest BCUT2D eigenvalue weighted by Crippen LogP contribution is 2.24. The number of ether oxygens (including phenoxy) is 1. The van der Waals surface area contributed by atoms with Crippen LogP contribution >= 0.6 is 11.3 Å². The lowest BCUT2D eigenvalue weighted by atomic mass is 10.1. The summed E-state index contributed by atoms with van der Waals surface area (Å²) in [4.78, 5) is 7.22. The minimum Gasteiger partial charge on any atom is -0.492 e. The second-order valence-corrected chi connectivity index (χ2v) is 7.76. The van der Waals surface area contributed by atoms with Gasteiger partial charge in [0.1, 0.15) is 12.4 Å². The van der Waals surface area contributed by atoms with Gasteiger partial charge in [-0.15, -0.1) is 11.3 Å². The van der Waals surface area contributed by atoms with Crippen molar-refractivity contribution >= 4 is 21.6 Å². The highest BCUT2D eigenvalue weighted by Gasteiger charge is 2.09. The molecule has 0 N–H and O–H groups in total. The predicted molar refractivity (Wildman–Crippen MR) is 105 cm³/mol. The van der Waals surface area contributed by atoms with Crippen LogP contribution in [0.1, 0.15) is 29.8 Å². The highest BCUT2D eigenvalue weighted by molar-refractivity contribution is 7.18. The number of fused-ring (bicyclic) bond motifs is 1. The van der Waals surface area contributed by atoms with Crippen LogP contribution in [-0.4, -0.2) is 36.1 Å². The van der Waals surface area contributed by atoms with Crippen molar-refractivity contribution in [3.8, 4) is 5.75 Å². The van der Waals surface area contributed by atoms with Crippen molar-refractivity contribution in [3.63, 3.8) is 0 Å². The first-order valence-corrected chi connectivity index (χ1v) is 9.97. The van der Waals surface area contributed by atoms with Crippen LogP contribution in [0, 0.1) is 0 Å². The molecule has 0 saturated carbocycles. The van der Waals surface area contributed by atoms with Gasteiger partial charge in [0.05, 0.1) is 15.2 Å². The third kappa shape index (κ3) is 4.39. The van der Waals surface area contributed by atoms with E-state index in [0.29, 0.717) is 0 Å². The van der Waals surface area contributed by atoms with Crippen molar-refractivity contribution in [2.24, 2.45) is 0 Å². The van der Waals surface area contributed by atoms with Crippen molar-refractivity contribution in [2.45, 2.75) is 25.7 Å². The SMILES string of the molecule is c1ccc2sc(Cc3ccc(OCCN4CCCCC4)cc3)nc2c1. The van der Waals surface area contributed by atoms with Crippen LogP contribution in [0.4, 0.5) is 0 Å². The molecule has 3 aromatic rings. The molecular formula is C21H24N2OS. The van der Waals surface area contributed by atoms with Crippen molar-refractivity contribution in [1.29, 1.82) is 0 Å². The van der Waals surface area contributed by atoms with Crippen LogP contribution in [0.15, 0.2) is 48.5 Å². The Hall–Kier alpha value is -1.91. The Balaban J connectivity index is 1.30. The first-order valence-electron chi connectivity index (χ1n) is 9.15. The first-order chi connectivity index (χ1) is 12.4. The normalized spacial score (nSPS) is 15.5. The molecule has 4 heteroatoms. The number of nitrogens with zero attached hydrogens (tertiary/aromatic N) is 2. The molecule has 0 bridgehead atoms. The molecule has 25 heavy (non-hydrogen) atoms. The van der Waals surface area contributed by atoms with Gasteiger partial charge in [-0.05, 0) is 55.8 Å². The standard InChI is InChI=1S/C21H24N2OS/c1-4-12-23(13-5-1)14-15-24-18-10-8-17(9-11-18)16-21-22-19-6-2-3-7-20(19)25-21/h2-3,6-11H,1,4-5,12-16H2. The largest absolute Gasteiger partial charge is 0.492 e. The maximum absolute atomic E-state index is 5.91. The highest BCUT2D eigenvalue weighted by atomic mass is 32.1. The van der Waals surface area contributed by atoms with Crippen LogP contribution in [0.3, 0.4) is 0 Å². The van der Waals surface area contributed by atoms with Gasteiger partial charge < -0.3 is 4.74 Å². The van der Waals surface area contributed by atoms with Crippen LogP contribution in [0.5, 0.6) is 5.75 Å². The number of piperidine rings is 1. The van der Waals surface area contributed by atoms with Crippen LogP contribution < -0.4 is 4.74 Å². The smallest absolute Gasteiger partial charge is 0.119 e. The Kier molecular flexibility index (Phi) is 5.28. The fraction of sp³-hybridized carbons (Fsp3) is 0.381. The fourth-order valence-corrected chi connectivity index (χ4v) is 4.35. The average molecular weight is 353 g/mol. The van der Waals surface area contributed by atoms with E-state index < -0.39 is 0 Å². The predicted octanol–water partition coefficient (Wildman–Crippen LogP) is 4.75. The summed E-state index contributed by atoms with van der Waals surface area (Å²) in [5, 5.41) is 1.17. The zero-order valence-corrected chi connectivity index (χ0v) is 15.3. The Morgan fingerprint density at radius 1 is 0.960 bits per heavy atom. The molecule has 1 fully saturated rings. The molecule has 1 aliphatic heterocycles. The first kappa shape index (κ1) is 16.6. The van der Waals surface area contributed by atoms with Crippen LogP contribution in [-0.2, 0) is 6.42 Å². The number of likely N-dealkylation sites (tertiary alicyclic amines) is 1. The van der Waals surface area contributed by atoms with E-state index in [4.69, 9.17) is 9.72 Å². The maximum atomic E-state index is 5.91. The third-order valence-electron chi connectivity index (χ3n) is 4.74. The van der Waals surface area contributed by atoms with E-state index in [1.807, 2.05) is 6.07 Å². The summed E-state index contributed by atoms with van der Waals surface area (Å²) in [7, 11) is 0. The molecule has 0 unspecified atom stereocenters. The molecule has 130 valence electrons. The summed E-state index contributed by atoms with van der Waals surface area (Å²) >= 11 is 1.78. The summed E-state index contributed by atoms with van der Waals surface area (Å²) in [5.41, 5.74) is 2.38. The van der Waals surface area contributed by atoms with E-state index in [2.05, 4.69) is 47.4 Å².